The topological polar surface area (TPSA) is 118 Å². The molecule has 2 N–H and O–H groups in total. The van der Waals surface area contributed by atoms with Crippen molar-refractivity contribution in [2.45, 2.75) is 58.1 Å². The minimum atomic E-state index is -0.733. The van der Waals surface area contributed by atoms with Gasteiger partial charge >= 0.3 is 5.97 Å². The highest BCUT2D eigenvalue weighted by Gasteiger charge is 2.30. The van der Waals surface area contributed by atoms with Gasteiger partial charge in [-0.25, -0.2) is 4.98 Å². The molecule has 0 aliphatic carbocycles. The zero-order valence-corrected chi connectivity index (χ0v) is 17.6. The monoisotopic (exact) mass is 416 g/mol. The van der Waals surface area contributed by atoms with Crippen molar-refractivity contribution >= 4 is 29.4 Å². The smallest absolute Gasteiger partial charge is 0.309 e. The number of amides is 3. The van der Waals surface area contributed by atoms with E-state index < -0.39 is 23.5 Å². The number of hydrogen-bond acceptors (Lipinski definition) is 7. The number of carbonyl (C=O) groups excluding carboxylic acids is 4. The van der Waals surface area contributed by atoms with Crippen LogP contribution in [-0.4, -0.2) is 53.4 Å². The number of rotatable bonds is 4. The van der Waals surface area contributed by atoms with Gasteiger partial charge in [0.1, 0.15) is 17.3 Å². The minimum absolute atomic E-state index is 0.105. The fourth-order valence-corrected chi connectivity index (χ4v) is 3.53. The van der Waals surface area contributed by atoms with Gasteiger partial charge < -0.3 is 15.0 Å². The normalized spacial score (nSPS) is 20.5. The molecule has 0 spiro atoms. The Morgan fingerprint density at radius 2 is 1.87 bits per heavy atom. The van der Waals surface area contributed by atoms with E-state index in [4.69, 9.17) is 4.74 Å². The van der Waals surface area contributed by atoms with E-state index in [1.807, 2.05) is 20.8 Å². The van der Waals surface area contributed by atoms with Crippen LogP contribution < -0.4 is 15.5 Å². The predicted molar refractivity (Wildman–Crippen MR) is 109 cm³/mol. The van der Waals surface area contributed by atoms with E-state index in [-0.39, 0.29) is 36.3 Å². The van der Waals surface area contributed by atoms with Crippen LogP contribution in [0.5, 0.6) is 0 Å². The summed E-state index contributed by atoms with van der Waals surface area (Å²) < 4.78 is 5.47. The summed E-state index contributed by atoms with van der Waals surface area (Å²) in [5.41, 5.74) is 0.588. The van der Waals surface area contributed by atoms with Crippen LogP contribution in [0.2, 0.25) is 0 Å². The second-order valence-corrected chi connectivity index (χ2v) is 8.67. The summed E-state index contributed by atoms with van der Waals surface area (Å²) in [6.07, 6.45) is 3.50. The molecule has 9 heteroatoms. The maximum atomic E-state index is 12.4. The van der Waals surface area contributed by atoms with E-state index in [1.54, 1.807) is 18.3 Å². The Kier molecular flexibility index (Phi) is 6.38. The molecule has 2 aliphatic rings. The average molecular weight is 416 g/mol. The van der Waals surface area contributed by atoms with Crippen LogP contribution >= 0.6 is 0 Å². The molecule has 3 heterocycles. The van der Waals surface area contributed by atoms with Crippen LogP contribution in [0.1, 0.15) is 56.9 Å². The Balaban J connectivity index is 1.52. The number of esters is 1. The van der Waals surface area contributed by atoms with Gasteiger partial charge in [0.05, 0.1) is 17.8 Å². The van der Waals surface area contributed by atoms with Gasteiger partial charge in [-0.15, -0.1) is 0 Å². The van der Waals surface area contributed by atoms with Gasteiger partial charge in [0, 0.05) is 19.5 Å². The maximum Gasteiger partial charge on any atom is 0.309 e. The zero-order valence-electron chi connectivity index (χ0n) is 17.6. The van der Waals surface area contributed by atoms with Crippen molar-refractivity contribution in [3.05, 3.63) is 24.0 Å². The molecule has 9 nitrogen and oxygen atoms in total. The number of anilines is 1. The highest BCUT2D eigenvalue weighted by molar-refractivity contribution is 6.03. The molecule has 2 saturated heterocycles. The Hall–Kier alpha value is -2.97. The molecule has 1 aromatic rings. The molecular weight excluding hydrogens is 388 g/mol. The Bertz CT molecular complexity index is 823. The van der Waals surface area contributed by atoms with E-state index in [2.05, 4.69) is 20.5 Å². The van der Waals surface area contributed by atoms with E-state index in [0.717, 1.165) is 5.69 Å². The van der Waals surface area contributed by atoms with Crippen LogP contribution in [0.15, 0.2) is 18.3 Å². The van der Waals surface area contributed by atoms with Crippen LogP contribution in [0.3, 0.4) is 0 Å². The number of hydrogen-bond donors (Lipinski definition) is 2. The lowest BCUT2D eigenvalue weighted by Gasteiger charge is -2.33. The lowest BCUT2D eigenvalue weighted by atomic mass is 9.96. The average Bonchev–Trinajstić information content (AvgIpc) is 2.69. The molecule has 3 rings (SSSR count). The van der Waals surface area contributed by atoms with Crippen LogP contribution in [0.4, 0.5) is 5.69 Å². The van der Waals surface area contributed by atoms with Crippen LogP contribution in [-0.2, 0) is 19.1 Å². The van der Waals surface area contributed by atoms with Gasteiger partial charge in [-0.3, -0.25) is 24.5 Å². The first-order chi connectivity index (χ1) is 14.1. The van der Waals surface area contributed by atoms with Gasteiger partial charge in [0.2, 0.25) is 11.8 Å². The van der Waals surface area contributed by atoms with Gasteiger partial charge in [0.15, 0.2) is 0 Å². The van der Waals surface area contributed by atoms with Gasteiger partial charge in [-0.05, 0) is 52.2 Å². The molecule has 162 valence electrons. The third-order valence-corrected chi connectivity index (χ3v) is 5.13. The van der Waals surface area contributed by atoms with Gasteiger partial charge in [0.25, 0.3) is 5.91 Å². The minimum Gasteiger partial charge on any atom is -0.460 e. The molecular formula is C21H28N4O5. The van der Waals surface area contributed by atoms with Crippen molar-refractivity contribution < 1.29 is 23.9 Å². The summed E-state index contributed by atoms with van der Waals surface area (Å²) in [6, 6.07) is 2.68. The fraction of sp³-hybridized carbons (Fsp3) is 0.571. The number of aromatic nitrogens is 1. The largest absolute Gasteiger partial charge is 0.460 e. The van der Waals surface area contributed by atoms with Gasteiger partial charge in [-0.1, -0.05) is 0 Å². The number of piperidine rings is 2. The molecule has 2 aliphatic heterocycles. The predicted octanol–water partition coefficient (Wildman–Crippen LogP) is 1.17. The summed E-state index contributed by atoms with van der Waals surface area (Å²) in [6.45, 7) is 7.00. The van der Waals surface area contributed by atoms with Crippen molar-refractivity contribution in [1.29, 1.82) is 0 Å². The first kappa shape index (κ1) is 21.7. The molecule has 0 aromatic carbocycles. The summed E-state index contributed by atoms with van der Waals surface area (Å²) >= 11 is 0. The quantitative estimate of drug-likeness (QED) is 0.559. The number of nitrogens with zero attached hydrogens (tertiary/aromatic N) is 2. The lowest BCUT2D eigenvalue weighted by molar-refractivity contribution is -0.160. The molecule has 1 unspecified atom stereocenters. The van der Waals surface area contributed by atoms with Crippen molar-refractivity contribution in [3.63, 3.8) is 0 Å². The number of ether oxygens (including phenoxy) is 1. The van der Waals surface area contributed by atoms with E-state index in [0.29, 0.717) is 25.9 Å². The second kappa shape index (κ2) is 8.81. The first-order valence-electron chi connectivity index (χ1n) is 10.2. The zero-order chi connectivity index (χ0) is 21.9. The van der Waals surface area contributed by atoms with Crippen LogP contribution in [0, 0.1) is 5.92 Å². The third-order valence-electron chi connectivity index (χ3n) is 5.13. The third kappa shape index (κ3) is 5.55. The SMILES string of the molecule is CC(C)(C)OC(=O)C1CCN(c2ccc(C(=O)NC3CCC(=O)NC3=O)nc2)CC1. The summed E-state index contributed by atoms with van der Waals surface area (Å²) in [4.78, 5) is 53.9. The highest BCUT2D eigenvalue weighted by atomic mass is 16.6. The summed E-state index contributed by atoms with van der Waals surface area (Å²) in [5, 5.41) is 4.82. The maximum absolute atomic E-state index is 12.4. The Labute approximate surface area is 175 Å². The molecule has 3 amide bonds. The number of nitrogens with one attached hydrogen (secondary N) is 2. The summed E-state index contributed by atoms with van der Waals surface area (Å²) in [5.74, 6) is -1.54. The molecule has 1 atom stereocenters. The van der Waals surface area contributed by atoms with Crippen molar-refractivity contribution in [1.82, 2.24) is 15.6 Å². The molecule has 0 saturated carbocycles. The van der Waals surface area contributed by atoms with E-state index in [9.17, 15) is 19.2 Å². The fourth-order valence-electron chi connectivity index (χ4n) is 3.53. The van der Waals surface area contributed by atoms with E-state index in [1.165, 1.54) is 0 Å². The standard InChI is InChI=1S/C21H28N4O5/c1-21(2,3)30-20(29)13-8-10-25(11-9-13)14-4-5-15(22-12-14)18(27)23-16-6-7-17(26)24-19(16)28/h4-5,12-13,16H,6-11H2,1-3H3,(H,23,27)(H,24,26,28). The van der Waals surface area contributed by atoms with Crippen molar-refractivity contribution in [2.75, 3.05) is 18.0 Å². The first-order valence-corrected chi connectivity index (χ1v) is 10.2. The molecule has 0 bridgehead atoms. The van der Waals surface area contributed by atoms with Crippen molar-refractivity contribution in [2.24, 2.45) is 5.92 Å². The number of imide groups is 1. The molecule has 1 aromatic heterocycles. The molecule has 0 radical (unpaired) electrons. The highest BCUT2D eigenvalue weighted by Crippen LogP contribution is 2.25. The molecule has 30 heavy (non-hydrogen) atoms. The van der Waals surface area contributed by atoms with Crippen LogP contribution in [0.25, 0.3) is 0 Å². The van der Waals surface area contributed by atoms with Gasteiger partial charge in [-0.2, -0.15) is 0 Å². The second-order valence-electron chi connectivity index (χ2n) is 8.67. The number of pyridine rings is 1. The van der Waals surface area contributed by atoms with E-state index >= 15 is 0 Å². The Morgan fingerprint density at radius 3 is 2.43 bits per heavy atom. The lowest BCUT2D eigenvalue weighted by Crippen LogP contribution is -2.52. The van der Waals surface area contributed by atoms with Crippen molar-refractivity contribution in [3.8, 4) is 0 Å². The number of carbonyl (C=O) groups is 4. The molecule has 2 fully saturated rings. The Morgan fingerprint density at radius 1 is 1.17 bits per heavy atom. The summed E-state index contributed by atoms with van der Waals surface area (Å²) in [7, 11) is 0.